The summed E-state index contributed by atoms with van der Waals surface area (Å²) in [5.74, 6) is 0.785. The third-order valence-electron chi connectivity index (χ3n) is 4.31. The van der Waals surface area contributed by atoms with Crippen LogP contribution in [0.3, 0.4) is 0 Å². The topological polar surface area (TPSA) is 30.5 Å². The third kappa shape index (κ3) is 5.25. The maximum Gasteiger partial charge on any atom is 0.0759 e. The summed E-state index contributed by atoms with van der Waals surface area (Å²) in [5.41, 5.74) is 1.59. The predicted molar refractivity (Wildman–Crippen MR) is 78.4 cm³/mol. The quantitative estimate of drug-likeness (QED) is 0.568. The van der Waals surface area contributed by atoms with E-state index in [4.69, 9.17) is 9.47 Å². The molecule has 0 amide bonds. The monoisotopic (exact) mass is 267 g/mol. The van der Waals surface area contributed by atoms with E-state index >= 15 is 0 Å². The van der Waals surface area contributed by atoms with E-state index in [9.17, 15) is 0 Å². The van der Waals surface area contributed by atoms with Crippen molar-refractivity contribution in [3.8, 4) is 0 Å². The Morgan fingerprint density at radius 3 is 2.74 bits per heavy atom. The van der Waals surface area contributed by atoms with Gasteiger partial charge in [0, 0.05) is 26.8 Å². The average Bonchev–Trinajstić information content (AvgIpc) is 2.96. The molecule has 0 aromatic rings. The zero-order valence-corrected chi connectivity index (χ0v) is 12.3. The van der Waals surface area contributed by atoms with Gasteiger partial charge in [0.25, 0.3) is 0 Å². The molecular formula is C16H29NO2. The molecule has 3 heteroatoms. The Bertz CT molecular complexity index is 266. The van der Waals surface area contributed by atoms with Crippen molar-refractivity contribution in [3.05, 3.63) is 11.6 Å². The minimum atomic E-state index is 0.376. The van der Waals surface area contributed by atoms with Gasteiger partial charge in [0.15, 0.2) is 0 Å². The van der Waals surface area contributed by atoms with E-state index in [0.717, 1.165) is 32.2 Å². The molecule has 2 rings (SSSR count). The van der Waals surface area contributed by atoms with Crippen molar-refractivity contribution >= 4 is 0 Å². The molecule has 1 saturated carbocycles. The fourth-order valence-electron chi connectivity index (χ4n) is 3.19. The molecule has 0 aromatic heterocycles. The van der Waals surface area contributed by atoms with Gasteiger partial charge in [-0.25, -0.2) is 0 Å². The first-order chi connectivity index (χ1) is 9.40. The molecule has 2 aliphatic rings. The summed E-state index contributed by atoms with van der Waals surface area (Å²) in [4.78, 5) is 0. The summed E-state index contributed by atoms with van der Waals surface area (Å²) in [6.45, 7) is 3.67. The largest absolute Gasteiger partial charge is 0.383 e. The van der Waals surface area contributed by atoms with E-state index in [-0.39, 0.29) is 0 Å². The van der Waals surface area contributed by atoms with Gasteiger partial charge in [0.05, 0.1) is 12.7 Å². The lowest BCUT2D eigenvalue weighted by atomic mass is 9.83. The lowest BCUT2D eigenvalue weighted by Gasteiger charge is -2.26. The summed E-state index contributed by atoms with van der Waals surface area (Å²) in [5, 5.41) is 3.51. The van der Waals surface area contributed by atoms with Gasteiger partial charge in [-0.1, -0.05) is 30.9 Å². The molecular weight excluding hydrogens is 238 g/mol. The van der Waals surface area contributed by atoms with E-state index in [1.54, 1.807) is 12.7 Å². The van der Waals surface area contributed by atoms with Gasteiger partial charge >= 0.3 is 0 Å². The van der Waals surface area contributed by atoms with Crippen molar-refractivity contribution in [1.82, 2.24) is 5.32 Å². The molecule has 19 heavy (non-hydrogen) atoms. The SMILES string of the molecule is COCCNC/C(=C/C1CCCO1)C1CCCCC1. The highest BCUT2D eigenvalue weighted by Crippen LogP contribution is 2.30. The van der Waals surface area contributed by atoms with Gasteiger partial charge in [-0.2, -0.15) is 0 Å². The lowest BCUT2D eigenvalue weighted by molar-refractivity contribution is 0.144. The Labute approximate surface area is 117 Å². The zero-order valence-electron chi connectivity index (χ0n) is 12.3. The highest BCUT2D eigenvalue weighted by atomic mass is 16.5. The van der Waals surface area contributed by atoms with Gasteiger partial charge in [0.2, 0.25) is 0 Å². The molecule has 1 aliphatic heterocycles. The van der Waals surface area contributed by atoms with Crippen molar-refractivity contribution in [3.63, 3.8) is 0 Å². The fourth-order valence-corrected chi connectivity index (χ4v) is 3.19. The van der Waals surface area contributed by atoms with Crippen LogP contribution in [0.25, 0.3) is 0 Å². The van der Waals surface area contributed by atoms with Crippen LogP contribution in [0.4, 0.5) is 0 Å². The molecule has 2 fully saturated rings. The van der Waals surface area contributed by atoms with Crippen molar-refractivity contribution in [1.29, 1.82) is 0 Å². The van der Waals surface area contributed by atoms with Crippen LogP contribution in [-0.2, 0) is 9.47 Å². The van der Waals surface area contributed by atoms with Crippen LogP contribution < -0.4 is 5.32 Å². The van der Waals surface area contributed by atoms with Crippen LogP contribution in [0.5, 0.6) is 0 Å². The third-order valence-corrected chi connectivity index (χ3v) is 4.31. The normalized spacial score (nSPS) is 25.9. The first kappa shape index (κ1) is 15.0. The van der Waals surface area contributed by atoms with Gasteiger partial charge in [-0.05, 0) is 31.6 Å². The molecule has 1 heterocycles. The van der Waals surface area contributed by atoms with Gasteiger partial charge in [0.1, 0.15) is 0 Å². The van der Waals surface area contributed by atoms with Crippen LogP contribution in [0.1, 0.15) is 44.9 Å². The maximum absolute atomic E-state index is 5.77. The van der Waals surface area contributed by atoms with Crippen molar-refractivity contribution in [2.24, 2.45) is 5.92 Å². The van der Waals surface area contributed by atoms with Crippen molar-refractivity contribution in [2.75, 3.05) is 33.4 Å². The maximum atomic E-state index is 5.77. The predicted octanol–water partition coefficient (Wildman–Crippen LogP) is 2.91. The highest BCUT2D eigenvalue weighted by Gasteiger charge is 2.20. The smallest absolute Gasteiger partial charge is 0.0759 e. The van der Waals surface area contributed by atoms with E-state index in [1.165, 1.54) is 44.9 Å². The lowest BCUT2D eigenvalue weighted by Crippen LogP contribution is -2.26. The second-order valence-electron chi connectivity index (χ2n) is 5.80. The number of hydrogen-bond acceptors (Lipinski definition) is 3. The van der Waals surface area contributed by atoms with Crippen LogP contribution >= 0.6 is 0 Å². The van der Waals surface area contributed by atoms with E-state index < -0.39 is 0 Å². The molecule has 0 aromatic carbocycles. The number of rotatable bonds is 7. The number of nitrogens with one attached hydrogen (secondary N) is 1. The van der Waals surface area contributed by atoms with E-state index in [2.05, 4.69) is 11.4 Å². The Kier molecular flexibility index (Phi) is 6.90. The molecule has 1 unspecified atom stereocenters. The number of methoxy groups -OCH3 is 1. The van der Waals surface area contributed by atoms with E-state index in [1.807, 2.05) is 0 Å². The Morgan fingerprint density at radius 2 is 2.05 bits per heavy atom. The summed E-state index contributed by atoms with van der Waals surface area (Å²) < 4.78 is 10.9. The Hall–Kier alpha value is -0.380. The first-order valence-electron chi connectivity index (χ1n) is 7.92. The molecule has 110 valence electrons. The standard InChI is InChI=1S/C16H29NO2/c1-18-11-9-17-13-15(12-16-8-5-10-19-16)14-6-3-2-4-7-14/h12,14,16-17H,2-11,13H2,1H3/b15-12-. The molecule has 0 radical (unpaired) electrons. The summed E-state index contributed by atoms with van der Waals surface area (Å²) in [6, 6.07) is 0. The van der Waals surface area contributed by atoms with Gasteiger partial charge in [-0.3, -0.25) is 0 Å². The Balaban J connectivity index is 1.87. The molecule has 3 nitrogen and oxygen atoms in total. The summed E-state index contributed by atoms with van der Waals surface area (Å²) in [7, 11) is 1.76. The number of ether oxygens (including phenoxy) is 2. The molecule has 1 saturated heterocycles. The minimum Gasteiger partial charge on any atom is -0.383 e. The second-order valence-corrected chi connectivity index (χ2v) is 5.80. The average molecular weight is 267 g/mol. The first-order valence-corrected chi connectivity index (χ1v) is 7.92. The molecule has 0 bridgehead atoms. The summed E-state index contributed by atoms with van der Waals surface area (Å²) >= 11 is 0. The molecule has 1 atom stereocenters. The van der Waals surface area contributed by atoms with E-state index in [0.29, 0.717) is 6.10 Å². The number of hydrogen-bond donors (Lipinski definition) is 1. The molecule has 1 N–H and O–H groups in total. The molecule has 0 spiro atoms. The van der Waals surface area contributed by atoms with Crippen molar-refractivity contribution < 1.29 is 9.47 Å². The van der Waals surface area contributed by atoms with Crippen LogP contribution in [0.2, 0.25) is 0 Å². The summed E-state index contributed by atoms with van der Waals surface area (Å²) in [6.07, 6.45) is 12.2. The fraction of sp³-hybridized carbons (Fsp3) is 0.875. The second kappa shape index (κ2) is 8.72. The van der Waals surface area contributed by atoms with Crippen LogP contribution in [-0.4, -0.2) is 39.5 Å². The molecule has 1 aliphatic carbocycles. The van der Waals surface area contributed by atoms with Crippen LogP contribution in [0.15, 0.2) is 11.6 Å². The highest BCUT2D eigenvalue weighted by molar-refractivity contribution is 5.13. The van der Waals surface area contributed by atoms with Gasteiger partial charge in [-0.15, -0.1) is 0 Å². The van der Waals surface area contributed by atoms with Crippen molar-refractivity contribution in [2.45, 2.75) is 51.0 Å². The minimum absolute atomic E-state index is 0.376. The zero-order chi connectivity index (χ0) is 13.3. The van der Waals surface area contributed by atoms with Crippen LogP contribution in [0, 0.1) is 5.92 Å². The Morgan fingerprint density at radius 1 is 1.21 bits per heavy atom. The van der Waals surface area contributed by atoms with Gasteiger partial charge < -0.3 is 14.8 Å².